The SMILES string of the molecule is Cc1c2nc3ccc(C(=O)CCCN4CCOCC4)cc3oc-2c(C)c(=O)c1C. The van der Waals surface area contributed by atoms with E-state index in [9.17, 15) is 9.59 Å². The zero-order valence-electron chi connectivity index (χ0n) is 17.2. The van der Waals surface area contributed by atoms with Crippen LogP contribution in [0.3, 0.4) is 0 Å². The Hall–Kier alpha value is -2.57. The molecule has 0 radical (unpaired) electrons. The lowest BCUT2D eigenvalue weighted by Gasteiger charge is -2.26. The van der Waals surface area contributed by atoms with Gasteiger partial charge in [0.15, 0.2) is 22.6 Å². The van der Waals surface area contributed by atoms with E-state index in [0.29, 0.717) is 45.7 Å². The van der Waals surface area contributed by atoms with Gasteiger partial charge in [-0.15, -0.1) is 0 Å². The Morgan fingerprint density at radius 3 is 2.62 bits per heavy atom. The molecule has 1 aliphatic carbocycles. The molecule has 0 amide bonds. The maximum atomic E-state index is 12.7. The minimum absolute atomic E-state index is 0.0183. The van der Waals surface area contributed by atoms with Crippen LogP contribution in [-0.4, -0.2) is 48.5 Å². The van der Waals surface area contributed by atoms with Gasteiger partial charge in [0.1, 0.15) is 11.2 Å². The van der Waals surface area contributed by atoms with Gasteiger partial charge < -0.3 is 9.15 Å². The number of rotatable bonds is 5. The van der Waals surface area contributed by atoms with Crippen molar-refractivity contribution in [2.45, 2.75) is 33.6 Å². The predicted octanol–water partition coefficient (Wildman–Crippen LogP) is 3.51. The molecule has 0 atom stereocenters. The summed E-state index contributed by atoms with van der Waals surface area (Å²) in [5.41, 5.74) is 4.61. The van der Waals surface area contributed by atoms with Crippen molar-refractivity contribution in [3.63, 3.8) is 0 Å². The highest BCUT2D eigenvalue weighted by Gasteiger charge is 2.20. The van der Waals surface area contributed by atoms with Crippen molar-refractivity contribution in [1.29, 1.82) is 0 Å². The first-order valence-corrected chi connectivity index (χ1v) is 10.1. The Morgan fingerprint density at radius 2 is 1.86 bits per heavy atom. The van der Waals surface area contributed by atoms with Crippen molar-refractivity contribution in [3.05, 3.63) is 50.7 Å². The summed E-state index contributed by atoms with van der Waals surface area (Å²) in [7, 11) is 0. The number of hydrogen-bond donors (Lipinski definition) is 0. The zero-order chi connectivity index (χ0) is 20.5. The molecule has 3 aliphatic rings. The number of Topliss-reactive ketones (excluding diaryl/α,β-unsaturated/α-hetero) is 1. The summed E-state index contributed by atoms with van der Waals surface area (Å²) in [5, 5.41) is 0. The van der Waals surface area contributed by atoms with Crippen LogP contribution in [0, 0.1) is 20.8 Å². The molecule has 2 aliphatic heterocycles. The second kappa shape index (κ2) is 8.05. The Kier molecular flexibility index (Phi) is 5.48. The lowest BCUT2D eigenvalue weighted by atomic mass is 9.99. The molecule has 1 aromatic rings. The number of ether oxygens (including phenoxy) is 1. The number of morpholine rings is 1. The average Bonchev–Trinajstić information content (AvgIpc) is 2.75. The number of nitrogens with zero attached hydrogens (tertiary/aromatic N) is 2. The molecule has 0 unspecified atom stereocenters. The third kappa shape index (κ3) is 3.82. The number of ketones is 1. The van der Waals surface area contributed by atoms with E-state index < -0.39 is 0 Å². The van der Waals surface area contributed by atoms with Crippen LogP contribution in [0.25, 0.3) is 22.6 Å². The first-order valence-electron chi connectivity index (χ1n) is 10.1. The highest BCUT2D eigenvalue weighted by molar-refractivity contribution is 5.98. The molecule has 4 rings (SSSR count). The van der Waals surface area contributed by atoms with Crippen LogP contribution in [0.4, 0.5) is 0 Å². The molecule has 0 saturated carbocycles. The number of carbonyl (C=O) groups is 1. The standard InChI is InChI=1S/C23H26N2O4/c1-14-15(2)22(27)16(3)23-21(14)24-18-7-6-17(13-20(18)29-23)19(26)5-4-8-25-9-11-28-12-10-25/h6-7,13H,4-5,8-12H2,1-3H3. The van der Waals surface area contributed by atoms with Gasteiger partial charge in [0.2, 0.25) is 0 Å². The maximum absolute atomic E-state index is 12.7. The Labute approximate surface area is 169 Å². The van der Waals surface area contributed by atoms with Gasteiger partial charge >= 0.3 is 0 Å². The molecule has 2 heterocycles. The fraction of sp³-hybridized carbons (Fsp3) is 0.435. The Balaban J connectivity index is 1.58. The van der Waals surface area contributed by atoms with Crippen LogP contribution in [0.2, 0.25) is 0 Å². The second-order valence-electron chi connectivity index (χ2n) is 7.76. The highest BCUT2D eigenvalue weighted by Crippen LogP contribution is 2.30. The summed E-state index contributed by atoms with van der Waals surface area (Å²) < 4.78 is 11.4. The highest BCUT2D eigenvalue weighted by atomic mass is 16.5. The van der Waals surface area contributed by atoms with Gasteiger partial charge in [-0.25, -0.2) is 4.98 Å². The fourth-order valence-electron chi connectivity index (χ4n) is 3.86. The van der Waals surface area contributed by atoms with Gasteiger partial charge in [0.05, 0.1) is 13.2 Å². The predicted molar refractivity (Wildman–Crippen MR) is 112 cm³/mol. The van der Waals surface area contributed by atoms with Crippen LogP contribution in [0.5, 0.6) is 0 Å². The Bertz CT molecular complexity index is 1100. The molecule has 1 fully saturated rings. The van der Waals surface area contributed by atoms with Gasteiger partial charge in [-0.1, -0.05) is 0 Å². The van der Waals surface area contributed by atoms with Crippen molar-refractivity contribution in [1.82, 2.24) is 9.88 Å². The minimum atomic E-state index is -0.0183. The fourth-order valence-corrected chi connectivity index (χ4v) is 3.86. The molecule has 29 heavy (non-hydrogen) atoms. The van der Waals surface area contributed by atoms with Crippen molar-refractivity contribution in [2.75, 3.05) is 32.8 Å². The minimum Gasteiger partial charge on any atom is -0.452 e. The number of hydrogen-bond acceptors (Lipinski definition) is 6. The normalized spacial score (nSPS) is 15.3. The number of fused-ring (bicyclic) bond motifs is 2. The average molecular weight is 394 g/mol. The van der Waals surface area contributed by atoms with E-state index in [4.69, 9.17) is 14.1 Å². The molecular formula is C23H26N2O4. The van der Waals surface area contributed by atoms with E-state index in [1.54, 1.807) is 13.0 Å². The van der Waals surface area contributed by atoms with Crippen molar-refractivity contribution >= 4 is 16.9 Å². The monoisotopic (exact) mass is 394 g/mol. The van der Waals surface area contributed by atoms with Gasteiger partial charge in [-0.05, 0) is 57.5 Å². The van der Waals surface area contributed by atoms with Gasteiger partial charge in [-0.2, -0.15) is 0 Å². The van der Waals surface area contributed by atoms with Crippen molar-refractivity contribution < 1.29 is 13.9 Å². The smallest absolute Gasteiger partial charge is 0.188 e. The zero-order valence-corrected chi connectivity index (χ0v) is 17.2. The molecule has 0 aromatic heterocycles. The summed E-state index contributed by atoms with van der Waals surface area (Å²) in [4.78, 5) is 32.1. The van der Waals surface area contributed by atoms with Crippen LogP contribution in [-0.2, 0) is 4.74 Å². The largest absolute Gasteiger partial charge is 0.452 e. The van der Waals surface area contributed by atoms with Gasteiger partial charge in [0.25, 0.3) is 0 Å². The molecular weight excluding hydrogens is 368 g/mol. The maximum Gasteiger partial charge on any atom is 0.188 e. The van der Waals surface area contributed by atoms with E-state index in [-0.39, 0.29) is 11.2 Å². The van der Waals surface area contributed by atoms with E-state index in [1.165, 1.54) is 0 Å². The lowest BCUT2D eigenvalue weighted by Crippen LogP contribution is -2.36. The van der Waals surface area contributed by atoms with Crippen LogP contribution in [0.1, 0.15) is 39.9 Å². The molecule has 152 valence electrons. The van der Waals surface area contributed by atoms with E-state index >= 15 is 0 Å². The number of carbonyl (C=O) groups excluding carboxylic acids is 1. The van der Waals surface area contributed by atoms with Crippen molar-refractivity contribution in [3.8, 4) is 11.5 Å². The molecule has 6 heteroatoms. The summed E-state index contributed by atoms with van der Waals surface area (Å²) >= 11 is 0. The summed E-state index contributed by atoms with van der Waals surface area (Å²) in [5.74, 6) is 0.597. The van der Waals surface area contributed by atoms with E-state index in [0.717, 1.165) is 44.8 Å². The topological polar surface area (TPSA) is 72.6 Å². The quantitative estimate of drug-likeness (QED) is 0.487. The van der Waals surface area contributed by atoms with Gasteiger partial charge in [-0.3, -0.25) is 14.5 Å². The van der Waals surface area contributed by atoms with E-state index in [1.807, 2.05) is 26.0 Å². The molecule has 1 saturated heterocycles. The van der Waals surface area contributed by atoms with Crippen LogP contribution in [0.15, 0.2) is 27.4 Å². The third-order valence-electron chi connectivity index (χ3n) is 5.86. The van der Waals surface area contributed by atoms with E-state index in [2.05, 4.69) is 4.90 Å². The summed E-state index contributed by atoms with van der Waals surface area (Å²) in [6.07, 6.45) is 1.31. The Morgan fingerprint density at radius 1 is 1.10 bits per heavy atom. The molecule has 0 N–H and O–H groups in total. The van der Waals surface area contributed by atoms with Gasteiger partial charge in [0, 0.05) is 36.2 Å². The number of aromatic nitrogens is 1. The number of benzene rings is 2. The van der Waals surface area contributed by atoms with Crippen LogP contribution >= 0.6 is 0 Å². The first-order chi connectivity index (χ1) is 14.0. The summed E-state index contributed by atoms with van der Waals surface area (Å²) in [6.45, 7) is 9.77. The molecule has 6 nitrogen and oxygen atoms in total. The first kappa shape index (κ1) is 19.7. The third-order valence-corrected chi connectivity index (χ3v) is 5.86. The van der Waals surface area contributed by atoms with Crippen molar-refractivity contribution in [2.24, 2.45) is 0 Å². The lowest BCUT2D eigenvalue weighted by molar-refractivity contribution is 0.0371. The second-order valence-corrected chi connectivity index (χ2v) is 7.76. The summed E-state index contributed by atoms with van der Waals surface area (Å²) in [6, 6.07) is 5.38. The molecule has 0 bridgehead atoms. The molecule has 0 spiro atoms. The van der Waals surface area contributed by atoms with Crippen LogP contribution < -0.4 is 5.43 Å². The molecule has 1 aromatic carbocycles.